The van der Waals surface area contributed by atoms with E-state index in [4.69, 9.17) is 10.8 Å². The Hall–Kier alpha value is -1.95. The quantitative estimate of drug-likeness (QED) is 0.758. The fourth-order valence-electron chi connectivity index (χ4n) is 1.31. The third-order valence-electron chi connectivity index (χ3n) is 2.31. The summed E-state index contributed by atoms with van der Waals surface area (Å²) in [6.45, 7) is 4.25. The van der Waals surface area contributed by atoms with Crippen LogP contribution in [0.15, 0.2) is 24.3 Å². The van der Waals surface area contributed by atoms with Crippen molar-refractivity contribution in [1.29, 1.82) is 0 Å². The molecule has 0 aromatic heterocycles. The van der Waals surface area contributed by atoms with Crippen LogP contribution in [0.2, 0.25) is 0 Å². The van der Waals surface area contributed by atoms with E-state index in [9.17, 15) is 14.0 Å². The van der Waals surface area contributed by atoms with Gasteiger partial charge in [0.05, 0.1) is 0 Å². The van der Waals surface area contributed by atoms with Gasteiger partial charge in [0.2, 0.25) is 5.91 Å². The molecule has 1 rings (SSSR count). The third kappa shape index (κ3) is 7.48. The molecule has 0 saturated heterocycles. The number of nitrogens with one attached hydrogen (secondary N) is 1. The normalized spacial score (nSPS) is 11.0. The minimum absolute atomic E-state index is 0.239. The molecular weight excluding hydrogens is 263 g/mol. The molecule has 0 aliphatic rings. The molecule has 1 aromatic carbocycles. The molecule has 1 atom stereocenters. The Labute approximate surface area is 118 Å². The number of halogens is 1. The van der Waals surface area contributed by atoms with Crippen LogP contribution in [0.3, 0.4) is 0 Å². The van der Waals surface area contributed by atoms with E-state index in [0.29, 0.717) is 18.5 Å². The largest absolute Gasteiger partial charge is 0.383 e. The van der Waals surface area contributed by atoms with Gasteiger partial charge in [0.25, 0.3) is 5.91 Å². The van der Waals surface area contributed by atoms with Crippen LogP contribution in [0.5, 0.6) is 0 Å². The summed E-state index contributed by atoms with van der Waals surface area (Å²) in [6, 6.07) is 5.61. The van der Waals surface area contributed by atoms with E-state index in [1.165, 1.54) is 18.2 Å². The summed E-state index contributed by atoms with van der Waals surface area (Å²) in [6.07, 6.45) is 0.305. The third-order valence-corrected chi connectivity index (χ3v) is 2.31. The van der Waals surface area contributed by atoms with Crippen molar-refractivity contribution in [1.82, 2.24) is 5.32 Å². The van der Waals surface area contributed by atoms with E-state index in [0.717, 1.165) is 6.42 Å². The Bertz CT molecular complexity index is 438. The standard InChI is InChI=1S/C9H10FNO.C5H11NO2/c1-2-11-9(12)7-4-3-5-8(10)6-7;1-2-3-4(7)5(6)8/h3-6H,2H2,1H3,(H,11,12);4,7H,2-3H2,1H3,(H2,6,8)/t;4-/m.0/s1. The molecule has 0 spiro atoms. The molecule has 0 aliphatic heterocycles. The lowest BCUT2D eigenvalue weighted by atomic mass is 10.2. The van der Waals surface area contributed by atoms with E-state index in [1.807, 2.05) is 13.8 Å². The molecule has 0 radical (unpaired) electrons. The van der Waals surface area contributed by atoms with Crippen molar-refractivity contribution in [2.75, 3.05) is 6.54 Å². The first-order valence-electron chi connectivity index (χ1n) is 6.43. The number of rotatable bonds is 5. The summed E-state index contributed by atoms with van der Waals surface area (Å²) in [4.78, 5) is 21.2. The molecular formula is C14H21FN2O3. The van der Waals surface area contributed by atoms with Gasteiger partial charge in [-0.25, -0.2) is 4.39 Å². The van der Waals surface area contributed by atoms with Crippen molar-refractivity contribution in [2.45, 2.75) is 32.8 Å². The van der Waals surface area contributed by atoms with Crippen molar-refractivity contribution < 1.29 is 19.1 Å². The molecule has 0 heterocycles. The number of aliphatic hydroxyl groups excluding tert-OH is 1. The Balaban J connectivity index is 0.000000396. The minimum atomic E-state index is -0.944. The first kappa shape index (κ1) is 18.0. The van der Waals surface area contributed by atoms with Crippen molar-refractivity contribution >= 4 is 11.8 Å². The number of amides is 2. The Kier molecular flexibility index (Phi) is 8.95. The number of aliphatic hydroxyl groups is 1. The van der Waals surface area contributed by atoms with E-state index in [1.54, 1.807) is 6.07 Å². The Morgan fingerprint density at radius 1 is 1.40 bits per heavy atom. The number of carbonyl (C=O) groups excluding carboxylic acids is 2. The summed E-state index contributed by atoms with van der Waals surface area (Å²) in [5.74, 6) is -1.26. The van der Waals surface area contributed by atoms with Gasteiger partial charge in [-0.2, -0.15) is 0 Å². The number of primary amides is 1. The number of hydrogen-bond acceptors (Lipinski definition) is 3. The lowest BCUT2D eigenvalue weighted by Crippen LogP contribution is -2.27. The lowest BCUT2D eigenvalue weighted by molar-refractivity contribution is -0.126. The molecule has 6 heteroatoms. The van der Waals surface area contributed by atoms with Gasteiger partial charge in [0, 0.05) is 12.1 Å². The van der Waals surface area contributed by atoms with E-state index < -0.39 is 17.8 Å². The number of hydrogen-bond donors (Lipinski definition) is 3. The molecule has 20 heavy (non-hydrogen) atoms. The van der Waals surface area contributed by atoms with Gasteiger partial charge in [-0.05, 0) is 31.5 Å². The van der Waals surface area contributed by atoms with Crippen molar-refractivity contribution in [3.63, 3.8) is 0 Å². The molecule has 0 saturated carbocycles. The Morgan fingerprint density at radius 2 is 2.05 bits per heavy atom. The highest BCUT2D eigenvalue weighted by atomic mass is 19.1. The fraction of sp³-hybridized carbons (Fsp3) is 0.429. The molecule has 0 bridgehead atoms. The number of nitrogens with two attached hydrogens (primary N) is 1. The average molecular weight is 284 g/mol. The summed E-state index contributed by atoms with van der Waals surface area (Å²) in [5, 5.41) is 11.2. The van der Waals surface area contributed by atoms with E-state index >= 15 is 0 Å². The molecule has 1 aromatic rings. The van der Waals surface area contributed by atoms with Crippen LogP contribution in [-0.2, 0) is 4.79 Å². The first-order valence-corrected chi connectivity index (χ1v) is 6.43. The zero-order valence-corrected chi connectivity index (χ0v) is 11.7. The molecule has 112 valence electrons. The second-order valence-corrected chi connectivity index (χ2v) is 4.08. The molecule has 4 N–H and O–H groups in total. The van der Waals surface area contributed by atoms with Gasteiger partial charge in [-0.15, -0.1) is 0 Å². The van der Waals surface area contributed by atoms with Crippen LogP contribution in [0.4, 0.5) is 4.39 Å². The van der Waals surface area contributed by atoms with Crippen LogP contribution < -0.4 is 11.1 Å². The summed E-state index contributed by atoms with van der Waals surface area (Å²) in [7, 11) is 0. The highest BCUT2D eigenvalue weighted by Crippen LogP contribution is 2.02. The monoisotopic (exact) mass is 284 g/mol. The van der Waals surface area contributed by atoms with Crippen LogP contribution in [0.1, 0.15) is 37.0 Å². The van der Waals surface area contributed by atoms with Crippen LogP contribution in [0, 0.1) is 5.82 Å². The molecule has 0 fully saturated rings. The zero-order valence-electron chi connectivity index (χ0n) is 11.7. The van der Waals surface area contributed by atoms with Crippen LogP contribution >= 0.6 is 0 Å². The fourth-order valence-corrected chi connectivity index (χ4v) is 1.31. The minimum Gasteiger partial charge on any atom is -0.383 e. The predicted octanol–water partition coefficient (Wildman–Crippen LogP) is 1.21. The average Bonchev–Trinajstić information content (AvgIpc) is 2.40. The van der Waals surface area contributed by atoms with Gasteiger partial charge in [-0.1, -0.05) is 19.4 Å². The van der Waals surface area contributed by atoms with E-state index in [2.05, 4.69) is 5.32 Å². The summed E-state index contributed by atoms with van der Waals surface area (Å²) < 4.78 is 12.6. The van der Waals surface area contributed by atoms with Crippen molar-refractivity contribution in [3.8, 4) is 0 Å². The van der Waals surface area contributed by atoms with Crippen molar-refractivity contribution in [2.24, 2.45) is 5.73 Å². The smallest absolute Gasteiger partial charge is 0.251 e. The Morgan fingerprint density at radius 3 is 2.45 bits per heavy atom. The SMILES string of the molecule is CCC[C@H](O)C(N)=O.CCNC(=O)c1cccc(F)c1. The lowest BCUT2D eigenvalue weighted by Gasteiger charge is -2.00. The summed E-state index contributed by atoms with van der Waals surface area (Å²) >= 11 is 0. The number of carbonyl (C=O) groups is 2. The topological polar surface area (TPSA) is 92.4 Å². The second kappa shape index (κ2) is 9.91. The van der Waals surface area contributed by atoms with Crippen LogP contribution in [-0.4, -0.2) is 29.6 Å². The zero-order chi connectivity index (χ0) is 15.5. The van der Waals surface area contributed by atoms with E-state index in [-0.39, 0.29) is 5.91 Å². The highest BCUT2D eigenvalue weighted by molar-refractivity contribution is 5.94. The van der Waals surface area contributed by atoms with Crippen LogP contribution in [0.25, 0.3) is 0 Å². The molecule has 5 nitrogen and oxygen atoms in total. The maximum atomic E-state index is 12.6. The second-order valence-electron chi connectivity index (χ2n) is 4.08. The van der Waals surface area contributed by atoms with Gasteiger partial charge in [0.1, 0.15) is 11.9 Å². The maximum absolute atomic E-state index is 12.6. The number of benzene rings is 1. The highest BCUT2D eigenvalue weighted by Gasteiger charge is 2.07. The molecule has 0 unspecified atom stereocenters. The molecule has 2 amide bonds. The van der Waals surface area contributed by atoms with Gasteiger partial charge in [-0.3, -0.25) is 9.59 Å². The predicted molar refractivity (Wildman–Crippen MR) is 74.5 cm³/mol. The first-order chi connectivity index (χ1) is 9.42. The van der Waals surface area contributed by atoms with Gasteiger partial charge < -0.3 is 16.2 Å². The van der Waals surface area contributed by atoms with Gasteiger partial charge >= 0.3 is 0 Å². The maximum Gasteiger partial charge on any atom is 0.251 e. The molecule has 0 aliphatic carbocycles. The van der Waals surface area contributed by atoms with Crippen molar-refractivity contribution in [3.05, 3.63) is 35.6 Å². The van der Waals surface area contributed by atoms with Gasteiger partial charge in [0.15, 0.2) is 0 Å². The summed E-state index contributed by atoms with van der Waals surface area (Å²) in [5.41, 5.74) is 5.09.